The number of hydrogen-bond acceptors (Lipinski definition) is 4. The third-order valence-corrected chi connectivity index (χ3v) is 5.52. The smallest absolute Gasteiger partial charge is 0.319 e. The number of carbonyl (C=O) groups excluding carboxylic acids is 2. The van der Waals surface area contributed by atoms with Crippen LogP contribution in [0.4, 0.5) is 10.5 Å². The average Bonchev–Trinajstić information content (AvgIpc) is 3.47. The van der Waals surface area contributed by atoms with Gasteiger partial charge in [-0.1, -0.05) is 36.4 Å². The van der Waals surface area contributed by atoms with E-state index in [1.807, 2.05) is 60.8 Å². The van der Waals surface area contributed by atoms with E-state index in [9.17, 15) is 14.7 Å². The van der Waals surface area contributed by atoms with Crippen LogP contribution in [0.3, 0.4) is 0 Å². The Bertz CT molecular complexity index is 1250. The molecule has 0 radical (unpaired) electrons. The Labute approximate surface area is 190 Å². The van der Waals surface area contributed by atoms with E-state index in [1.165, 1.54) is 6.33 Å². The minimum atomic E-state index is -0.602. The van der Waals surface area contributed by atoms with E-state index in [1.54, 1.807) is 10.8 Å². The van der Waals surface area contributed by atoms with Crippen LogP contribution in [0.5, 0.6) is 0 Å². The van der Waals surface area contributed by atoms with Crippen LogP contribution in [0, 0.1) is 0 Å². The molecule has 2 heterocycles. The lowest BCUT2D eigenvalue weighted by Crippen LogP contribution is -2.28. The molecule has 0 aliphatic heterocycles. The van der Waals surface area contributed by atoms with Crippen LogP contribution in [0.2, 0.25) is 0 Å². The van der Waals surface area contributed by atoms with Crippen molar-refractivity contribution in [2.45, 2.75) is 25.6 Å². The predicted molar refractivity (Wildman–Crippen MR) is 126 cm³/mol. The van der Waals surface area contributed by atoms with Crippen LogP contribution in [0.1, 0.15) is 28.5 Å². The predicted octanol–water partition coefficient (Wildman–Crippen LogP) is 2.88. The summed E-state index contributed by atoms with van der Waals surface area (Å²) in [4.78, 5) is 27.6. The molecule has 2 aromatic carbocycles. The Morgan fingerprint density at radius 3 is 2.67 bits per heavy atom. The van der Waals surface area contributed by atoms with E-state index >= 15 is 0 Å². The van der Waals surface area contributed by atoms with Gasteiger partial charge in [0.25, 0.3) is 5.91 Å². The standard InChI is InChI=1S/C24H26N6O3/c25-23(32)21-14-30(16-27-21)20(15-31)9-11-29-10-8-18-6-7-19(12-22(18)29)28-24(33)26-13-17-4-2-1-3-5-17/h1-8,10,12,14,16,20,31H,9,11,13,15H2,(H2,25,32)(H2,26,28,33)/t20-/m1/s1. The maximum Gasteiger partial charge on any atom is 0.319 e. The number of amides is 3. The topological polar surface area (TPSA) is 127 Å². The Balaban J connectivity index is 1.40. The summed E-state index contributed by atoms with van der Waals surface area (Å²) in [6.07, 6.45) is 5.64. The number of nitrogens with two attached hydrogens (primary N) is 1. The molecular weight excluding hydrogens is 420 g/mol. The van der Waals surface area contributed by atoms with E-state index in [0.717, 1.165) is 16.5 Å². The molecule has 0 aliphatic rings. The minimum Gasteiger partial charge on any atom is -0.394 e. The zero-order chi connectivity index (χ0) is 23.2. The minimum absolute atomic E-state index is 0.0951. The highest BCUT2D eigenvalue weighted by Gasteiger charge is 2.14. The Morgan fingerprint density at radius 1 is 1.12 bits per heavy atom. The van der Waals surface area contributed by atoms with Crippen molar-refractivity contribution < 1.29 is 14.7 Å². The second-order valence-corrected chi connectivity index (χ2v) is 7.77. The average molecular weight is 447 g/mol. The van der Waals surface area contributed by atoms with E-state index in [-0.39, 0.29) is 24.4 Å². The number of aromatic nitrogens is 3. The molecule has 5 N–H and O–H groups in total. The molecule has 9 nitrogen and oxygen atoms in total. The molecular formula is C24H26N6O3. The first kappa shape index (κ1) is 22.1. The first-order valence-corrected chi connectivity index (χ1v) is 10.7. The zero-order valence-corrected chi connectivity index (χ0v) is 18.0. The van der Waals surface area contributed by atoms with Gasteiger partial charge in [-0.3, -0.25) is 4.79 Å². The lowest BCUT2D eigenvalue weighted by atomic mass is 10.2. The largest absolute Gasteiger partial charge is 0.394 e. The van der Waals surface area contributed by atoms with Gasteiger partial charge in [-0.15, -0.1) is 0 Å². The fraction of sp³-hybridized carbons (Fsp3) is 0.208. The number of carbonyl (C=O) groups is 2. The molecule has 0 saturated heterocycles. The summed E-state index contributed by atoms with van der Waals surface area (Å²) in [5.74, 6) is -0.602. The lowest BCUT2D eigenvalue weighted by molar-refractivity contribution is 0.0995. The monoisotopic (exact) mass is 446 g/mol. The summed E-state index contributed by atoms with van der Waals surface area (Å²) in [5, 5.41) is 16.6. The number of nitrogens with one attached hydrogen (secondary N) is 2. The number of aryl methyl sites for hydroxylation is 1. The molecule has 4 rings (SSSR count). The van der Waals surface area contributed by atoms with Crippen molar-refractivity contribution in [2.24, 2.45) is 5.73 Å². The summed E-state index contributed by atoms with van der Waals surface area (Å²) in [5.41, 5.74) is 8.11. The van der Waals surface area contributed by atoms with Gasteiger partial charge in [0.2, 0.25) is 0 Å². The first-order chi connectivity index (χ1) is 16.0. The summed E-state index contributed by atoms with van der Waals surface area (Å²) in [6, 6.07) is 16.9. The van der Waals surface area contributed by atoms with Crippen molar-refractivity contribution in [3.05, 3.63) is 84.6 Å². The molecule has 9 heteroatoms. The number of anilines is 1. The van der Waals surface area contributed by atoms with Crippen molar-refractivity contribution >= 4 is 28.5 Å². The zero-order valence-electron chi connectivity index (χ0n) is 18.0. The Kier molecular flexibility index (Phi) is 6.70. The molecule has 0 aliphatic carbocycles. The molecule has 0 bridgehead atoms. The van der Waals surface area contributed by atoms with E-state index in [2.05, 4.69) is 20.2 Å². The molecule has 3 amide bonds. The third-order valence-electron chi connectivity index (χ3n) is 5.52. The highest BCUT2D eigenvalue weighted by Crippen LogP contribution is 2.22. The van der Waals surface area contributed by atoms with Crippen molar-refractivity contribution in [3.8, 4) is 0 Å². The molecule has 2 aromatic heterocycles. The molecule has 0 saturated carbocycles. The number of urea groups is 1. The lowest BCUT2D eigenvalue weighted by Gasteiger charge is -2.16. The second kappa shape index (κ2) is 10.0. The quantitative estimate of drug-likeness (QED) is 0.315. The summed E-state index contributed by atoms with van der Waals surface area (Å²) in [7, 11) is 0. The number of aliphatic hydroxyl groups excluding tert-OH is 1. The Morgan fingerprint density at radius 2 is 1.94 bits per heavy atom. The number of nitrogens with zero attached hydrogens (tertiary/aromatic N) is 3. The fourth-order valence-corrected chi connectivity index (χ4v) is 3.70. The normalized spacial score (nSPS) is 11.9. The molecule has 0 spiro atoms. The van der Waals surface area contributed by atoms with Gasteiger partial charge < -0.3 is 30.6 Å². The van der Waals surface area contributed by atoms with Gasteiger partial charge in [0, 0.05) is 31.2 Å². The number of rotatable bonds is 9. The van der Waals surface area contributed by atoms with Gasteiger partial charge in [-0.2, -0.15) is 0 Å². The molecule has 170 valence electrons. The van der Waals surface area contributed by atoms with Crippen LogP contribution in [-0.4, -0.2) is 37.8 Å². The van der Waals surface area contributed by atoms with Crippen molar-refractivity contribution in [3.63, 3.8) is 0 Å². The van der Waals surface area contributed by atoms with E-state index in [4.69, 9.17) is 5.73 Å². The van der Waals surface area contributed by atoms with Gasteiger partial charge in [0.05, 0.1) is 24.5 Å². The van der Waals surface area contributed by atoms with Gasteiger partial charge in [0.15, 0.2) is 0 Å². The van der Waals surface area contributed by atoms with Crippen LogP contribution in [0.25, 0.3) is 10.9 Å². The first-order valence-electron chi connectivity index (χ1n) is 10.7. The van der Waals surface area contributed by atoms with Crippen LogP contribution in [0.15, 0.2) is 73.3 Å². The fourth-order valence-electron chi connectivity index (χ4n) is 3.70. The van der Waals surface area contributed by atoms with Crippen molar-refractivity contribution in [2.75, 3.05) is 11.9 Å². The molecule has 33 heavy (non-hydrogen) atoms. The van der Waals surface area contributed by atoms with Gasteiger partial charge in [-0.05, 0) is 35.6 Å². The molecule has 4 aromatic rings. The SMILES string of the molecule is NC(=O)c1cn([C@@H](CO)CCn2ccc3ccc(NC(=O)NCc4ccccc4)cc32)cn1. The van der Waals surface area contributed by atoms with Gasteiger partial charge in [0.1, 0.15) is 5.69 Å². The molecule has 0 unspecified atom stereocenters. The highest BCUT2D eigenvalue weighted by molar-refractivity contribution is 5.93. The summed E-state index contributed by atoms with van der Waals surface area (Å²) < 4.78 is 3.77. The third kappa shape index (κ3) is 5.39. The van der Waals surface area contributed by atoms with E-state index in [0.29, 0.717) is 25.2 Å². The maximum absolute atomic E-state index is 12.3. The number of hydrogen-bond donors (Lipinski definition) is 4. The number of primary amides is 1. The number of fused-ring (bicyclic) bond motifs is 1. The van der Waals surface area contributed by atoms with Crippen molar-refractivity contribution in [1.82, 2.24) is 19.4 Å². The Hall–Kier alpha value is -4.11. The van der Waals surface area contributed by atoms with Crippen molar-refractivity contribution in [1.29, 1.82) is 0 Å². The molecule has 1 atom stereocenters. The van der Waals surface area contributed by atoms with Crippen LogP contribution in [-0.2, 0) is 13.1 Å². The number of aliphatic hydroxyl groups is 1. The highest BCUT2D eigenvalue weighted by atomic mass is 16.3. The summed E-state index contributed by atoms with van der Waals surface area (Å²) in [6.45, 7) is 0.976. The second-order valence-electron chi connectivity index (χ2n) is 7.77. The molecule has 0 fully saturated rings. The van der Waals surface area contributed by atoms with E-state index < -0.39 is 5.91 Å². The van der Waals surface area contributed by atoms with Crippen LogP contribution >= 0.6 is 0 Å². The number of benzene rings is 2. The van der Waals surface area contributed by atoms with Gasteiger partial charge in [-0.25, -0.2) is 9.78 Å². The maximum atomic E-state index is 12.3. The van der Waals surface area contributed by atoms with Crippen LogP contribution < -0.4 is 16.4 Å². The summed E-state index contributed by atoms with van der Waals surface area (Å²) >= 11 is 0. The number of imidazole rings is 1. The van der Waals surface area contributed by atoms with Gasteiger partial charge >= 0.3 is 6.03 Å².